The summed E-state index contributed by atoms with van der Waals surface area (Å²) in [5, 5.41) is 10.0. The molecule has 22 heavy (non-hydrogen) atoms. The van der Waals surface area contributed by atoms with Gasteiger partial charge in [0.15, 0.2) is 0 Å². The van der Waals surface area contributed by atoms with Crippen molar-refractivity contribution in [1.82, 2.24) is 4.90 Å². The highest BCUT2D eigenvalue weighted by molar-refractivity contribution is 7.92. The molecule has 1 aromatic carbocycles. The molecular weight excluding hydrogens is 304 g/mol. The van der Waals surface area contributed by atoms with Gasteiger partial charge in [0.1, 0.15) is 0 Å². The van der Waals surface area contributed by atoms with E-state index in [1.165, 1.54) is 0 Å². The second kappa shape index (κ2) is 6.66. The van der Waals surface area contributed by atoms with Crippen molar-refractivity contribution in [3.05, 3.63) is 29.8 Å². The number of nitrogens with zero attached hydrogens (tertiary/aromatic N) is 1. The van der Waals surface area contributed by atoms with E-state index in [2.05, 4.69) is 4.72 Å². The van der Waals surface area contributed by atoms with Gasteiger partial charge in [-0.15, -0.1) is 0 Å². The number of anilines is 1. The van der Waals surface area contributed by atoms with Crippen LogP contribution < -0.4 is 4.72 Å². The maximum Gasteiger partial charge on any atom is 0.253 e. The average molecular weight is 326 g/mol. The van der Waals surface area contributed by atoms with E-state index in [1.807, 2.05) is 0 Å². The number of nitrogens with one attached hydrogen (secondary N) is 1. The van der Waals surface area contributed by atoms with Crippen molar-refractivity contribution in [3.8, 4) is 0 Å². The van der Waals surface area contributed by atoms with E-state index >= 15 is 0 Å². The largest absolute Gasteiger partial charge is 0.391 e. The standard InChI is InChI=1S/C15H22N2O4S/c1-17(13-5-3-4-6-14(13)18)15(19)11-7-9-12(10-8-11)16-22(2,20)21/h7-10,13-14,16,18H,3-6H2,1-2H3/t13-,14+/m0/s1. The third kappa shape index (κ3) is 4.20. The van der Waals surface area contributed by atoms with Crippen LogP contribution in [0.1, 0.15) is 36.0 Å². The van der Waals surface area contributed by atoms with Gasteiger partial charge >= 0.3 is 0 Å². The maximum absolute atomic E-state index is 12.5. The van der Waals surface area contributed by atoms with E-state index in [4.69, 9.17) is 0 Å². The lowest BCUT2D eigenvalue weighted by molar-refractivity contribution is 0.0268. The number of rotatable bonds is 4. The zero-order valence-electron chi connectivity index (χ0n) is 12.8. The number of likely N-dealkylation sites (N-methyl/N-ethyl adjacent to an activating group) is 1. The van der Waals surface area contributed by atoms with Crippen molar-refractivity contribution in [3.63, 3.8) is 0 Å². The first-order valence-corrected chi connectivity index (χ1v) is 9.20. The maximum atomic E-state index is 12.5. The normalized spacial score (nSPS) is 22.1. The summed E-state index contributed by atoms with van der Waals surface area (Å²) in [5.74, 6) is -0.170. The third-order valence-electron chi connectivity index (χ3n) is 3.95. The fraction of sp³-hybridized carbons (Fsp3) is 0.533. The molecule has 1 saturated carbocycles. The summed E-state index contributed by atoms with van der Waals surface area (Å²) in [6, 6.07) is 6.12. The highest BCUT2D eigenvalue weighted by Gasteiger charge is 2.29. The summed E-state index contributed by atoms with van der Waals surface area (Å²) in [7, 11) is -1.63. The Hall–Kier alpha value is -1.60. The molecule has 1 aromatic rings. The molecule has 6 nitrogen and oxygen atoms in total. The Balaban J connectivity index is 2.08. The Bertz CT molecular complexity index is 627. The molecule has 0 bridgehead atoms. The molecule has 0 aromatic heterocycles. The van der Waals surface area contributed by atoms with Crippen molar-refractivity contribution in [1.29, 1.82) is 0 Å². The highest BCUT2D eigenvalue weighted by Crippen LogP contribution is 2.24. The van der Waals surface area contributed by atoms with E-state index in [-0.39, 0.29) is 11.9 Å². The Morgan fingerprint density at radius 2 is 1.82 bits per heavy atom. The molecule has 7 heteroatoms. The minimum atomic E-state index is -3.33. The van der Waals surface area contributed by atoms with Crippen LogP contribution in [-0.2, 0) is 10.0 Å². The number of aliphatic hydroxyl groups excluding tert-OH is 1. The summed E-state index contributed by atoms with van der Waals surface area (Å²) in [6.07, 6.45) is 4.12. The third-order valence-corrected chi connectivity index (χ3v) is 4.55. The SMILES string of the molecule is CN(C(=O)c1ccc(NS(C)(=O)=O)cc1)[C@H]1CCCC[C@H]1O. The van der Waals surface area contributed by atoms with E-state index < -0.39 is 16.1 Å². The summed E-state index contributed by atoms with van der Waals surface area (Å²) in [5.41, 5.74) is 0.888. The molecule has 1 aliphatic carbocycles. The summed E-state index contributed by atoms with van der Waals surface area (Å²) in [4.78, 5) is 14.0. The average Bonchev–Trinajstić information content (AvgIpc) is 2.45. The van der Waals surface area contributed by atoms with E-state index in [1.54, 1.807) is 36.2 Å². The van der Waals surface area contributed by atoms with E-state index in [0.29, 0.717) is 11.3 Å². The Morgan fingerprint density at radius 3 is 2.36 bits per heavy atom. The van der Waals surface area contributed by atoms with Gasteiger partial charge in [0.25, 0.3) is 5.91 Å². The molecule has 1 aliphatic rings. The molecule has 1 fully saturated rings. The lowest BCUT2D eigenvalue weighted by Crippen LogP contribution is -2.46. The van der Waals surface area contributed by atoms with E-state index in [0.717, 1.165) is 31.9 Å². The number of carbonyl (C=O) groups excluding carboxylic acids is 1. The fourth-order valence-electron chi connectivity index (χ4n) is 2.79. The molecule has 0 aliphatic heterocycles. The van der Waals surface area contributed by atoms with Gasteiger partial charge in [-0.25, -0.2) is 8.42 Å². The van der Waals surface area contributed by atoms with Crippen LogP contribution in [0.4, 0.5) is 5.69 Å². The van der Waals surface area contributed by atoms with Crippen LogP contribution in [0.3, 0.4) is 0 Å². The van der Waals surface area contributed by atoms with Crippen molar-refractivity contribution in [2.75, 3.05) is 18.0 Å². The van der Waals surface area contributed by atoms with Crippen molar-refractivity contribution < 1.29 is 18.3 Å². The number of hydrogen-bond donors (Lipinski definition) is 2. The number of hydrogen-bond acceptors (Lipinski definition) is 4. The smallest absolute Gasteiger partial charge is 0.253 e. The van der Waals surface area contributed by atoms with Gasteiger partial charge < -0.3 is 10.0 Å². The number of carbonyl (C=O) groups is 1. The molecule has 122 valence electrons. The molecule has 0 radical (unpaired) electrons. The number of amides is 1. The van der Waals surface area contributed by atoms with Gasteiger partial charge in [-0.2, -0.15) is 0 Å². The molecule has 0 heterocycles. The summed E-state index contributed by atoms with van der Waals surface area (Å²) in [6.45, 7) is 0. The van der Waals surface area contributed by atoms with Crippen molar-refractivity contribution in [2.45, 2.75) is 37.8 Å². The van der Waals surface area contributed by atoms with Crippen LogP contribution in [0.25, 0.3) is 0 Å². The molecular formula is C15H22N2O4S. The van der Waals surface area contributed by atoms with Gasteiger partial charge in [-0.1, -0.05) is 12.8 Å². The number of sulfonamides is 1. The first-order chi connectivity index (χ1) is 10.3. The first-order valence-electron chi connectivity index (χ1n) is 7.31. The molecule has 0 spiro atoms. The second-order valence-corrected chi connectivity index (χ2v) is 7.54. The molecule has 1 amide bonds. The van der Waals surface area contributed by atoms with Crippen LogP contribution in [-0.4, -0.2) is 49.8 Å². The molecule has 0 unspecified atom stereocenters. The molecule has 0 saturated heterocycles. The number of benzene rings is 1. The minimum absolute atomic E-state index is 0.157. The van der Waals surface area contributed by atoms with Gasteiger partial charge in [-0.05, 0) is 37.1 Å². The monoisotopic (exact) mass is 326 g/mol. The van der Waals surface area contributed by atoms with Gasteiger partial charge in [0.05, 0.1) is 18.4 Å². The Labute approximate surface area is 131 Å². The first kappa shape index (κ1) is 16.8. The van der Waals surface area contributed by atoms with Crippen LogP contribution in [0.15, 0.2) is 24.3 Å². The van der Waals surface area contributed by atoms with Crippen molar-refractivity contribution in [2.24, 2.45) is 0 Å². The van der Waals surface area contributed by atoms with Crippen LogP contribution in [0.2, 0.25) is 0 Å². The summed E-state index contributed by atoms with van der Waals surface area (Å²) >= 11 is 0. The zero-order valence-corrected chi connectivity index (χ0v) is 13.6. The predicted molar refractivity (Wildman–Crippen MR) is 85.3 cm³/mol. The fourth-order valence-corrected chi connectivity index (χ4v) is 3.36. The number of aliphatic hydroxyl groups is 1. The molecule has 2 rings (SSSR count). The molecule has 2 N–H and O–H groups in total. The van der Waals surface area contributed by atoms with Gasteiger partial charge in [-0.3, -0.25) is 9.52 Å². The van der Waals surface area contributed by atoms with E-state index in [9.17, 15) is 18.3 Å². The lowest BCUT2D eigenvalue weighted by atomic mass is 9.91. The van der Waals surface area contributed by atoms with Crippen LogP contribution >= 0.6 is 0 Å². The topological polar surface area (TPSA) is 86.7 Å². The second-order valence-electron chi connectivity index (χ2n) is 5.79. The van der Waals surface area contributed by atoms with Crippen LogP contribution in [0, 0.1) is 0 Å². The Kier molecular flexibility index (Phi) is 5.08. The predicted octanol–water partition coefficient (Wildman–Crippen LogP) is 1.43. The Morgan fingerprint density at radius 1 is 1.23 bits per heavy atom. The minimum Gasteiger partial charge on any atom is -0.391 e. The van der Waals surface area contributed by atoms with Crippen molar-refractivity contribution >= 4 is 21.6 Å². The van der Waals surface area contributed by atoms with Gasteiger partial charge in [0, 0.05) is 18.3 Å². The summed E-state index contributed by atoms with van der Waals surface area (Å²) < 4.78 is 24.7. The van der Waals surface area contributed by atoms with Crippen LogP contribution in [0.5, 0.6) is 0 Å². The van der Waals surface area contributed by atoms with Gasteiger partial charge in [0.2, 0.25) is 10.0 Å². The lowest BCUT2D eigenvalue weighted by Gasteiger charge is -2.35. The zero-order chi connectivity index (χ0) is 16.3. The highest BCUT2D eigenvalue weighted by atomic mass is 32.2. The molecule has 2 atom stereocenters. The quantitative estimate of drug-likeness (QED) is 0.876.